The Morgan fingerprint density at radius 1 is 0.562 bits per heavy atom. The molecule has 0 radical (unpaired) electrons. The van der Waals surface area contributed by atoms with Gasteiger partial charge in [-0.05, 0) is 170 Å². The van der Waals surface area contributed by atoms with Crippen LogP contribution in [0.5, 0.6) is 28.7 Å². The van der Waals surface area contributed by atoms with Gasteiger partial charge in [-0.3, -0.25) is 0 Å². The largest absolute Gasteiger partial charge is 0.494 e. The molecule has 64 heavy (non-hydrogen) atoms. The zero-order valence-corrected chi connectivity index (χ0v) is 36.2. The molecule has 0 saturated carbocycles. The predicted octanol–water partition coefficient (Wildman–Crippen LogP) is 11.2. The number of carbonyl (C=O) groups is 4. The lowest BCUT2D eigenvalue weighted by atomic mass is 10.1. The summed E-state index contributed by atoms with van der Waals surface area (Å²) in [5, 5.41) is 3.34. The molecule has 0 bridgehead atoms. The van der Waals surface area contributed by atoms with Crippen molar-refractivity contribution >= 4 is 45.4 Å². The highest BCUT2D eigenvalue weighted by Gasteiger charge is 2.21. The van der Waals surface area contributed by atoms with Gasteiger partial charge in [0.25, 0.3) is 0 Å². The SMILES string of the molecule is C=C(C)C(=O)OCCCCCCOc1ccc2cc(C(=O)Oc3ccc(OC(=O)c4ccc5cc(OC(=O)c6ccc(OCCCC7CO7)cc6)ccc5c4)c(CCC)c3)ccc2c1. The van der Waals surface area contributed by atoms with Crippen molar-refractivity contribution in [2.24, 2.45) is 0 Å². The zero-order valence-electron chi connectivity index (χ0n) is 36.2. The first-order valence-electron chi connectivity index (χ1n) is 21.8. The molecule has 0 aliphatic carbocycles. The number of fused-ring (bicyclic) bond motifs is 2. The number of ether oxygens (including phenoxy) is 7. The van der Waals surface area contributed by atoms with Gasteiger partial charge in [0.2, 0.25) is 0 Å². The van der Waals surface area contributed by atoms with Crippen LogP contribution in [0.2, 0.25) is 0 Å². The minimum Gasteiger partial charge on any atom is -0.494 e. The fourth-order valence-electron chi connectivity index (χ4n) is 6.99. The standard InChI is InChI=1S/C53H52O11/c1-4-10-41-33-47(63-52(56)42-14-12-39-31-45(22-18-37(39)29-42)59-26-7-5-6-8-27-60-50(54)35(2)3)24-25-49(41)64-53(57)43-15-13-40-32-46(23-19-38(40)30-43)62-51(55)36-16-20-44(21-17-36)58-28-9-11-48-34-61-48/h12-25,29-33,48H,2,4-11,26-28,34H2,1,3H3. The van der Waals surface area contributed by atoms with E-state index < -0.39 is 17.9 Å². The molecular weight excluding hydrogens is 813 g/mol. The number of epoxide rings is 1. The summed E-state index contributed by atoms with van der Waals surface area (Å²) in [5.74, 6) is 0.624. The van der Waals surface area contributed by atoms with Crippen molar-refractivity contribution in [2.75, 3.05) is 26.4 Å². The molecule has 11 nitrogen and oxygen atoms in total. The number of hydrogen-bond acceptors (Lipinski definition) is 11. The van der Waals surface area contributed by atoms with E-state index in [1.807, 2.05) is 31.2 Å². The molecule has 1 saturated heterocycles. The minimum atomic E-state index is -0.538. The van der Waals surface area contributed by atoms with Crippen molar-refractivity contribution in [3.8, 4) is 28.7 Å². The molecule has 7 rings (SSSR count). The first-order chi connectivity index (χ1) is 31.1. The Morgan fingerprint density at radius 2 is 1.06 bits per heavy atom. The van der Waals surface area contributed by atoms with Gasteiger partial charge in [-0.2, -0.15) is 0 Å². The molecule has 0 spiro atoms. The molecule has 11 heteroatoms. The van der Waals surface area contributed by atoms with Gasteiger partial charge in [-0.1, -0.05) is 44.2 Å². The molecule has 1 unspecified atom stereocenters. The number of aryl methyl sites for hydroxylation is 1. The minimum absolute atomic E-state index is 0.337. The van der Waals surface area contributed by atoms with E-state index in [1.54, 1.807) is 97.9 Å². The first kappa shape index (κ1) is 45.1. The van der Waals surface area contributed by atoms with Crippen LogP contribution in [0.1, 0.15) is 95.4 Å². The third-order valence-corrected chi connectivity index (χ3v) is 10.6. The molecule has 6 aromatic rings. The number of unbranched alkanes of at least 4 members (excludes halogenated alkanes) is 3. The average Bonchev–Trinajstić information content (AvgIpc) is 4.14. The number of benzene rings is 6. The van der Waals surface area contributed by atoms with Crippen molar-refractivity contribution in [2.45, 2.75) is 71.3 Å². The lowest BCUT2D eigenvalue weighted by molar-refractivity contribution is -0.139. The number of esters is 4. The van der Waals surface area contributed by atoms with Crippen LogP contribution in [0.15, 0.2) is 127 Å². The van der Waals surface area contributed by atoms with Gasteiger partial charge in [0.05, 0.1) is 49.2 Å². The topological polar surface area (TPSA) is 136 Å². The Morgan fingerprint density at radius 3 is 1.72 bits per heavy atom. The summed E-state index contributed by atoms with van der Waals surface area (Å²) in [6.07, 6.45) is 7.20. The summed E-state index contributed by atoms with van der Waals surface area (Å²) < 4.78 is 39.4. The monoisotopic (exact) mass is 864 g/mol. The number of rotatable bonds is 22. The maximum atomic E-state index is 13.4. The smallest absolute Gasteiger partial charge is 0.343 e. The lowest BCUT2D eigenvalue weighted by Crippen LogP contribution is -2.11. The fourth-order valence-corrected chi connectivity index (χ4v) is 6.99. The van der Waals surface area contributed by atoms with Crippen LogP contribution in [-0.2, 0) is 20.7 Å². The van der Waals surface area contributed by atoms with Gasteiger partial charge < -0.3 is 33.2 Å². The second-order valence-electron chi connectivity index (χ2n) is 15.8. The van der Waals surface area contributed by atoms with Crippen molar-refractivity contribution < 1.29 is 52.3 Å². The highest BCUT2D eigenvalue weighted by Crippen LogP contribution is 2.30. The van der Waals surface area contributed by atoms with Gasteiger partial charge >= 0.3 is 23.9 Å². The van der Waals surface area contributed by atoms with Gasteiger partial charge in [0, 0.05) is 5.57 Å². The Kier molecular flexibility index (Phi) is 15.4. The van der Waals surface area contributed by atoms with Gasteiger partial charge in [0.1, 0.15) is 28.7 Å². The van der Waals surface area contributed by atoms with Gasteiger partial charge in [0.15, 0.2) is 0 Å². The molecule has 1 heterocycles. The second-order valence-corrected chi connectivity index (χ2v) is 15.8. The molecule has 1 fully saturated rings. The van der Waals surface area contributed by atoms with Crippen molar-refractivity contribution in [3.63, 3.8) is 0 Å². The highest BCUT2D eigenvalue weighted by molar-refractivity contribution is 5.98. The van der Waals surface area contributed by atoms with E-state index in [9.17, 15) is 19.2 Å². The first-order valence-corrected chi connectivity index (χ1v) is 21.8. The summed E-state index contributed by atoms with van der Waals surface area (Å²) in [5.41, 5.74) is 2.27. The molecule has 0 amide bonds. The van der Waals surface area contributed by atoms with Crippen LogP contribution in [0.25, 0.3) is 21.5 Å². The Balaban J connectivity index is 0.894. The van der Waals surface area contributed by atoms with Crippen molar-refractivity contribution in [3.05, 3.63) is 150 Å². The van der Waals surface area contributed by atoms with E-state index in [2.05, 4.69) is 6.58 Å². The molecule has 330 valence electrons. The van der Waals surface area contributed by atoms with Crippen LogP contribution in [-0.4, -0.2) is 56.4 Å². The van der Waals surface area contributed by atoms with E-state index in [4.69, 9.17) is 33.2 Å². The predicted molar refractivity (Wildman–Crippen MR) is 244 cm³/mol. The second kappa shape index (κ2) is 21.9. The molecule has 1 atom stereocenters. The summed E-state index contributed by atoms with van der Waals surface area (Å²) in [4.78, 5) is 51.1. The normalized spacial score (nSPS) is 12.9. The van der Waals surface area contributed by atoms with Crippen LogP contribution in [0.3, 0.4) is 0 Å². The Hall–Kier alpha value is -6.98. The van der Waals surface area contributed by atoms with Crippen LogP contribution < -0.4 is 23.7 Å². The third kappa shape index (κ3) is 12.8. The quantitative estimate of drug-likeness (QED) is 0.0212. The molecule has 0 aromatic heterocycles. The number of hydrogen-bond donors (Lipinski definition) is 0. The Labute approximate surface area is 372 Å². The van der Waals surface area contributed by atoms with Crippen LogP contribution in [0.4, 0.5) is 0 Å². The molecular formula is C53H52O11. The van der Waals surface area contributed by atoms with Crippen LogP contribution in [0, 0.1) is 0 Å². The van der Waals surface area contributed by atoms with Crippen molar-refractivity contribution in [1.29, 1.82) is 0 Å². The molecule has 1 aliphatic rings. The van der Waals surface area contributed by atoms with Gasteiger partial charge in [-0.25, -0.2) is 19.2 Å². The third-order valence-electron chi connectivity index (χ3n) is 10.6. The van der Waals surface area contributed by atoms with E-state index in [-0.39, 0.29) is 5.97 Å². The maximum absolute atomic E-state index is 13.4. The van der Waals surface area contributed by atoms with Gasteiger partial charge in [-0.15, -0.1) is 0 Å². The number of carbonyl (C=O) groups excluding carboxylic acids is 4. The fraction of sp³-hybridized carbons (Fsp3) is 0.283. The lowest BCUT2D eigenvalue weighted by Gasteiger charge is -2.13. The summed E-state index contributed by atoms with van der Waals surface area (Å²) in [6.45, 7) is 9.61. The summed E-state index contributed by atoms with van der Waals surface area (Å²) in [7, 11) is 0. The van der Waals surface area contributed by atoms with E-state index in [1.165, 1.54) is 0 Å². The highest BCUT2D eigenvalue weighted by atomic mass is 16.6. The Bertz CT molecular complexity index is 2630. The zero-order chi connectivity index (χ0) is 44.8. The molecule has 1 aliphatic heterocycles. The van der Waals surface area contributed by atoms with E-state index in [0.717, 1.165) is 84.4 Å². The van der Waals surface area contributed by atoms with E-state index >= 15 is 0 Å². The molecule has 0 N–H and O–H groups in total. The van der Waals surface area contributed by atoms with Crippen LogP contribution >= 0.6 is 0 Å². The maximum Gasteiger partial charge on any atom is 0.343 e. The molecule has 6 aromatic carbocycles. The summed E-state index contributed by atoms with van der Waals surface area (Å²) in [6, 6.07) is 33.3. The summed E-state index contributed by atoms with van der Waals surface area (Å²) >= 11 is 0. The average molecular weight is 865 g/mol. The van der Waals surface area contributed by atoms with E-state index in [0.29, 0.717) is 77.6 Å². The van der Waals surface area contributed by atoms with Crippen molar-refractivity contribution in [1.82, 2.24) is 0 Å².